The van der Waals surface area contributed by atoms with Gasteiger partial charge in [-0.05, 0) is 29.6 Å². The summed E-state index contributed by atoms with van der Waals surface area (Å²) < 4.78 is 56.3. The zero-order valence-corrected chi connectivity index (χ0v) is 15.5. The molecule has 0 radical (unpaired) electrons. The average molecular weight is 416 g/mol. The second-order valence-corrected chi connectivity index (χ2v) is 7.10. The number of aromatic nitrogens is 2. The zero-order valence-electron chi connectivity index (χ0n) is 14.7. The molecular formula is C21H12F4N2OS. The maximum absolute atomic E-state index is 14.3. The van der Waals surface area contributed by atoms with Crippen molar-refractivity contribution >= 4 is 27.1 Å². The van der Waals surface area contributed by atoms with E-state index in [0.717, 1.165) is 22.0 Å². The Morgan fingerprint density at radius 1 is 1.03 bits per heavy atom. The summed E-state index contributed by atoms with van der Waals surface area (Å²) in [4.78, 5) is 17.5. The van der Waals surface area contributed by atoms with E-state index in [4.69, 9.17) is 0 Å². The number of nitrogens with zero attached hydrogens (tertiary/aromatic N) is 2. The molecule has 0 spiro atoms. The van der Waals surface area contributed by atoms with E-state index in [2.05, 4.69) is 11.6 Å². The van der Waals surface area contributed by atoms with E-state index >= 15 is 0 Å². The second kappa shape index (κ2) is 6.97. The predicted octanol–water partition coefficient (Wildman–Crippen LogP) is 5.67. The quantitative estimate of drug-likeness (QED) is 0.404. The Hall–Kier alpha value is -3.26. The summed E-state index contributed by atoms with van der Waals surface area (Å²) in [5.74, 6) is -0.768. The Labute approximate surface area is 166 Å². The van der Waals surface area contributed by atoms with Crippen LogP contribution in [0.25, 0.3) is 21.5 Å². The zero-order chi connectivity index (χ0) is 20.8. The van der Waals surface area contributed by atoms with E-state index in [1.807, 2.05) is 0 Å². The van der Waals surface area contributed by atoms with E-state index in [-0.39, 0.29) is 27.3 Å². The van der Waals surface area contributed by atoms with Gasteiger partial charge in [0.2, 0.25) is 0 Å². The third kappa shape index (κ3) is 3.25. The molecule has 0 saturated carbocycles. The lowest BCUT2D eigenvalue weighted by Crippen LogP contribution is -2.25. The van der Waals surface area contributed by atoms with Crippen LogP contribution in [0.3, 0.4) is 0 Å². The van der Waals surface area contributed by atoms with Crippen molar-refractivity contribution in [3.63, 3.8) is 0 Å². The topological polar surface area (TPSA) is 34.9 Å². The molecule has 3 nitrogen and oxygen atoms in total. The SMILES string of the molecule is C=C(c1ccccc1F)c1nc2ccsc2c(=O)n1-c1ccccc1C(F)(F)F. The highest BCUT2D eigenvalue weighted by Gasteiger charge is 2.35. The molecule has 0 atom stereocenters. The Kier molecular flexibility index (Phi) is 4.58. The van der Waals surface area contributed by atoms with Gasteiger partial charge in [0.1, 0.15) is 16.3 Å². The van der Waals surface area contributed by atoms with E-state index in [0.29, 0.717) is 5.52 Å². The molecule has 0 aliphatic heterocycles. The lowest BCUT2D eigenvalue weighted by Gasteiger charge is -2.18. The van der Waals surface area contributed by atoms with Crippen LogP contribution < -0.4 is 5.56 Å². The second-order valence-electron chi connectivity index (χ2n) is 6.18. The fourth-order valence-electron chi connectivity index (χ4n) is 3.07. The Morgan fingerprint density at radius 3 is 2.45 bits per heavy atom. The largest absolute Gasteiger partial charge is 0.418 e. The number of hydrogen-bond donors (Lipinski definition) is 0. The van der Waals surface area contributed by atoms with Crippen molar-refractivity contribution < 1.29 is 17.6 Å². The van der Waals surface area contributed by atoms with E-state index in [1.165, 1.54) is 36.4 Å². The molecule has 8 heteroatoms. The molecule has 0 amide bonds. The summed E-state index contributed by atoms with van der Waals surface area (Å²) in [6, 6.07) is 12.0. The van der Waals surface area contributed by atoms with Gasteiger partial charge in [-0.2, -0.15) is 13.2 Å². The van der Waals surface area contributed by atoms with Crippen molar-refractivity contribution in [2.45, 2.75) is 6.18 Å². The number of hydrogen-bond acceptors (Lipinski definition) is 3. The molecule has 4 aromatic rings. The fraction of sp³-hybridized carbons (Fsp3) is 0.0476. The van der Waals surface area contributed by atoms with Gasteiger partial charge in [0, 0.05) is 11.1 Å². The maximum atomic E-state index is 14.3. The summed E-state index contributed by atoms with van der Waals surface area (Å²) in [5.41, 5.74) is -1.69. The van der Waals surface area contributed by atoms with Crippen molar-refractivity contribution in [1.82, 2.24) is 9.55 Å². The number of benzene rings is 2. The van der Waals surface area contributed by atoms with Gasteiger partial charge in [0.05, 0.1) is 16.8 Å². The van der Waals surface area contributed by atoms with Crippen LogP contribution >= 0.6 is 11.3 Å². The van der Waals surface area contributed by atoms with E-state index < -0.39 is 23.1 Å². The molecule has 0 saturated heterocycles. The van der Waals surface area contributed by atoms with Gasteiger partial charge in [-0.3, -0.25) is 9.36 Å². The van der Waals surface area contributed by atoms with Crippen LogP contribution in [0.1, 0.15) is 17.0 Å². The highest BCUT2D eigenvalue weighted by atomic mass is 32.1. The molecule has 0 fully saturated rings. The molecule has 0 unspecified atom stereocenters. The van der Waals surface area contributed by atoms with Gasteiger partial charge in [0.15, 0.2) is 0 Å². The molecule has 146 valence electrons. The minimum Gasteiger partial charge on any atom is -0.267 e. The maximum Gasteiger partial charge on any atom is 0.418 e. The van der Waals surface area contributed by atoms with Crippen LogP contribution in [0.15, 0.2) is 71.4 Å². The van der Waals surface area contributed by atoms with E-state index in [1.54, 1.807) is 17.5 Å². The lowest BCUT2D eigenvalue weighted by atomic mass is 10.1. The number of rotatable bonds is 3. The minimum absolute atomic E-state index is 0.00489. The molecule has 2 heterocycles. The number of para-hydroxylation sites is 1. The number of fused-ring (bicyclic) bond motifs is 1. The van der Waals surface area contributed by atoms with Crippen LogP contribution in [0.4, 0.5) is 17.6 Å². The Bertz CT molecular complexity index is 1300. The summed E-state index contributed by atoms with van der Waals surface area (Å²) in [6.45, 7) is 3.83. The first-order valence-corrected chi connectivity index (χ1v) is 9.28. The van der Waals surface area contributed by atoms with Crippen LogP contribution in [-0.2, 0) is 6.18 Å². The molecule has 2 aromatic carbocycles. The minimum atomic E-state index is -4.70. The van der Waals surface area contributed by atoms with Crippen molar-refractivity contribution in [3.05, 3.63) is 99.7 Å². The summed E-state index contributed by atoms with van der Waals surface area (Å²) in [5, 5.41) is 1.62. The lowest BCUT2D eigenvalue weighted by molar-refractivity contribution is -0.137. The summed E-state index contributed by atoms with van der Waals surface area (Å²) in [7, 11) is 0. The molecule has 0 aliphatic carbocycles. The van der Waals surface area contributed by atoms with Crippen molar-refractivity contribution in [3.8, 4) is 5.69 Å². The van der Waals surface area contributed by atoms with Gasteiger partial charge in [-0.1, -0.05) is 36.9 Å². The average Bonchev–Trinajstić information content (AvgIpc) is 3.16. The molecule has 0 aliphatic rings. The van der Waals surface area contributed by atoms with Crippen LogP contribution in [-0.4, -0.2) is 9.55 Å². The number of alkyl halides is 3. The third-order valence-corrected chi connectivity index (χ3v) is 5.29. The van der Waals surface area contributed by atoms with Crippen LogP contribution in [0, 0.1) is 5.82 Å². The predicted molar refractivity (Wildman–Crippen MR) is 105 cm³/mol. The van der Waals surface area contributed by atoms with Gasteiger partial charge >= 0.3 is 6.18 Å². The van der Waals surface area contributed by atoms with Crippen molar-refractivity contribution in [1.29, 1.82) is 0 Å². The van der Waals surface area contributed by atoms with Crippen LogP contribution in [0.5, 0.6) is 0 Å². The highest BCUT2D eigenvalue weighted by molar-refractivity contribution is 7.17. The standard InChI is InChI=1S/C21H12F4N2OS/c1-12(13-6-2-4-8-15(13)22)19-26-16-10-11-29-18(16)20(28)27(19)17-9-5-3-7-14(17)21(23,24)25/h2-11H,1H2. The third-order valence-electron chi connectivity index (χ3n) is 4.40. The molecule has 29 heavy (non-hydrogen) atoms. The summed E-state index contributed by atoms with van der Waals surface area (Å²) >= 11 is 1.07. The summed E-state index contributed by atoms with van der Waals surface area (Å²) in [6.07, 6.45) is -4.70. The molecule has 2 aromatic heterocycles. The molecular weight excluding hydrogens is 404 g/mol. The van der Waals surface area contributed by atoms with Crippen molar-refractivity contribution in [2.24, 2.45) is 0 Å². The smallest absolute Gasteiger partial charge is 0.267 e. The first-order chi connectivity index (χ1) is 13.8. The monoisotopic (exact) mass is 416 g/mol. The van der Waals surface area contributed by atoms with Gasteiger partial charge in [-0.15, -0.1) is 11.3 Å². The number of halogens is 4. The molecule has 0 N–H and O–H groups in total. The molecule has 4 rings (SSSR count). The first-order valence-electron chi connectivity index (χ1n) is 8.40. The Balaban J connectivity index is 2.09. The van der Waals surface area contributed by atoms with Crippen molar-refractivity contribution in [2.75, 3.05) is 0 Å². The van der Waals surface area contributed by atoms with Gasteiger partial charge in [-0.25, -0.2) is 9.37 Å². The Morgan fingerprint density at radius 2 is 1.72 bits per heavy atom. The van der Waals surface area contributed by atoms with E-state index in [9.17, 15) is 22.4 Å². The highest BCUT2D eigenvalue weighted by Crippen LogP contribution is 2.35. The first kappa shape index (κ1) is 19.1. The molecule has 0 bridgehead atoms. The van der Waals surface area contributed by atoms with Gasteiger partial charge in [0.25, 0.3) is 5.56 Å². The fourth-order valence-corrected chi connectivity index (χ4v) is 3.83. The van der Waals surface area contributed by atoms with Gasteiger partial charge < -0.3 is 0 Å². The normalized spacial score (nSPS) is 11.7. The van der Waals surface area contributed by atoms with Crippen LogP contribution in [0.2, 0.25) is 0 Å². The number of thiophene rings is 1.